The first-order chi connectivity index (χ1) is 16.6. The number of imide groups is 1. The van der Waals surface area contributed by atoms with Gasteiger partial charge in [0.15, 0.2) is 18.8 Å². The van der Waals surface area contributed by atoms with E-state index in [1.165, 1.54) is 22.8 Å². The predicted molar refractivity (Wildman–Crippen MR) is 116 cm³/mol. The molecule has 3 amide bonds. The molecule has 3 aliphatic rings. The van der Waals surface area contributed by atoms with Gasteiger partial charge in [0.1, 0.15) is 23.2 Å². The van der Waals surface area contributed by atoms with E-state index in [-0.39, 0.29) is 36.0 Å². The number of urea groups is 1. The van der Waals surface area contributed by atoms with Crippen LogP contribution in [-0.4, -0.2) is 68.3 Å². The van der Waals surface area contributed by atoms with Crippen molar-refractivity contribution in [2.24, 2.45) is 0 Å². The molecule has 2 aromatic heterocycles. The molecule has 5 rings (SSSR count). The van der Waals surface area contributed by atoms with Gasteiger partial charge in [0.05, 0.1) is 11.2 Å². The van der Waals surface area contributed by atoms with E-state index in [9.17, 15) is 22.4 Å². The summed E-state index contributed by atoms with van der Waals surface area (Å²) in [4.78, 5) is 31.8. The SMILES string of the molecule is Cc1cc(CN2C(=O)C3=CC(S(=O)(=O)NC4(CF)CC4)C=CC3=[N+](Cc3noc(C)n3)C2=O)on1. The van der Waals surface area contributed by atoms with E-state index < -0.39 is 39.4 Å². The zero-order chi connectivity index (χ0) is 25.0. The number of allylic oxidation sites excluding steroid dienone is 1. The van der Waals surface area contributed by atoms with E-state index in [0.29, 0.717) is 24.4 Å². The van der Waals surface area contributed by atoms with Gasteiger partial charge >= 0.3 is 11.9 Å². The second-order valence-electron chi connectivity index (χ2n) is 8.77. The maximum Gasteiger partial charge on any atom is 0.502 e. The minimum atomic E-state index is -4.03. The van der Waals surface area contributed by atoms with Crippen molar-refractivity contribution in [1.82, 2.24) is 24.9 Å². The van der Waals surface area contributed by atoms with Gasteiger partial charge in [0, 0.05) is 13.0 Å². The van der Waals surface area contributed by atoms with Gasteiger partial charge in [-0.05, 0) is 31.9 Å². The van der Waals surface area contributed by atoms with Gasteiger partial charge in [-0.25, -0.2) is 22.3 Å². The van der Waals surface area contributed by atoms with Gasteiger partial charge < -0.3 is 9.05 Å². The number of hydrogen-bond acceptors (Lipinski definition) is 9. The Balaban J connectivity index is 1.53. The van der Waals surface area contributed by atoms with Gasteiger partial charge in [-0.15, -0.1) is 4.90 Å². The first-order valence-electron chi connectivity index (χ1n) is 10.8. The van der Waals surface area contributed by atoms with Gasteiger partial charge in [0.25, 0.3) is 0 Å². The lowest BCUT2D eigenvalue weighted by atomic mass is 9.99. The third-order valence-corrected chi connectivity index (χ3v) is 7.69. The van der Waals surface area contributed by atoms with Crippen LogP contribution in [0, 0.1) is 13.8 Å². The van der Waals surface area contributed by atoms with Crippen molar-refractivity contribution in [3.63, 3.8) is 0 Å². The predicted octanol–water partition coefficient (Wildman–Crippen LogP) is 1.08. The Labute approximate surface area is 199 Å². The maximum absolute atomic E-state index is 13.4. The van der Waals surface area contributed by atoms with Crippen molar-refractivity contribution >= 4 is 27.7 Å². The molecular weight excluding hydrogens is 483 g/mol. The lowest BCUT2D eigenvalue weighted by Crippen LogP contribution is -2.52. The number of hydrogen-bond donors (Lipinski definition) is 1. The summed E-state index contributed by atoms with van der Waals surface area (Å²) < 4.78 is 53.1. The quantitative estimate of drug-likeness (QED) is 0.520. The number of rotatable bonds is 8. The normalized spacial score (nSPS) is 21.4. The molecule has 3 heterocycles. The second kappa shape index (κ2) is 8.30. The van der Waals surface area contributed by atoms with Crippen molar-refractivity contribution in [2.75, 3.05) is 6.67 Å². The van der Waals surface area contributed by atoms with Crippen molar-refractivity contribution in [3.8, 4) is 0 Å². The van der Waals surface area contributed by atoms with Crippen LogP contribution >= 0.6 is 0 Å². The summed E-state index contributed by atoms with van der Waals surface area (Å²) in [7, 11) is -4.03. The first kappa shape index (κ1) is 23.2. The van der Waals surface area contributed by atoms with Crippen LogP contribution in [0.15, 0.2) is 38.9 Å². The molecule has 0 saturated heterocycles. The molecule has 1 N–H and O–H groups in total. The summed E-state index contributed by atoms with van der Waals surface area (Å²) in [5, 5.41) is 6.36. The van der Waals surface area contributed by atoms with E-state index in [4.69, 9.17) is 9.05 Å². The van der Waals surface area contributed by atoms with Crippen LogP contribution in [0.5, 0.6) is 0 Å². The molecule has 35 heavy (non-hydrogen) atoms. The fraction of sp³-hybridized carbons (Fsp3) is 0.429. The number of amides is 3. The van der Waals surface area contributed by atoms with Crippen LogP contribution < -0.4 is 4.72 Å². The molecule has 184 valence electrons. The summed E-state index contributed by atoms with van der Waals surface area (Å²) in [6.45, 7) is 2.15. The number of carbonyl (C=O) groups excluding carboxylic acids is 2. The average Bonchev–Trinajstić information content (AvgIpc) is 3.26. The van der Waals surface area contributed by atoms with Gasteiger partial charge in [-0.1, -0.05) is 16.4 Å². The molecule has 1 fully saturated rings. The summed E-state index contributed by atoms with van der Waals surface area (Å²) >= 11 is 0. The zero-order valence-electron chi connectivity index (χ0n) is 18.9. The Hall–Kier alpha value is -3.52. The third-order valence-electron chi connectivity index (χ3n) is 5.97. The number of halogens is 1. The number of nitrogens with one attached hydrogen (secondary N) is 1. The number of aryl methyl sites for hydroxylation is 2. The highest BCUT2D eigenvalue weighted by Crippen LogP contribution is 2.37. The summed E-state index contributed by atoms with van der Waals surface area (Å²) in [5.74, 6) is 0.0831. The standard InChI is InChI=1S/C21H22FN6O6S/c1-12-7-14(34-24-12)9-28-19(29)16-8-15(35(31,32)26-21(11-22)5-6-21)3-4-17(16)27(20(28)30)10-18-23-13(2)33-25-18/h3-4,7-8,15,26H,5-6,9-11H2,1-2H3/q+1. The number of nitrogens with zero attached hydrogens (tertiary/aromatic N) is 5. The fourth-order valence-corrected chi connectivity index (χ4v) is 5.54. The van der Waals surface area contributed by atoms with E-state index in [0.717, 1.165) is 4.90 Å². The highest BCUT2D eigenvalue weighted by molar-refractivity contribution is 7.90. The lowest BCUT2D eigenvalue weighted by Gasteiger charge is -2.25. The molecule has 1 saturated carbocycles. The Morgan fingerprint density at radius 2 is 2.03 bits per heavy atom. The van der Waals surface area contributed by atoms with Crippen molar-refractivity contribution in [1.29, 1.82) is 0 Å². The summed E-state index contributed by atoms with van der Waals surface area (Å²) in [5.41, 5.74) is -0.308. The van der Waals surface area contributed by atoms with Crippen LogP contribution in [0.1, 0.15) is 36.0 Å². The van der Waals surface area contributed by atoms with Gasteiger partial charge in [-0.3, -0.25) is 0 Å². The van der Waals surface area contributed by atoms with E-state index in [2.05, 4.69) is 20.0 Å². The fourth-order valence-electron chi connectivity index (χ4n) is 3.94. The van der Waals surface area contributed by atoms with E-state index in [1.807, 2.05) is 0 Å². The van der Waals surface area contributed by atoms with Crippen molar-refractivity contribution < 1.29 is 36.0 Å². The number of aromatic nitrogens is 3. The van der Waals surface area contributed by atoms with E-state index in [1.54, 1.807) is 19.9 Å². The smallest absolute Gasteiger partial charge is 0.357 e. The lowest BCUT2D eigenvalue weighted by molar-refractivity contribution is -0.455. The molecule has 2 aromatic rings. The topological polar surface area (TPSA) is 152 Å². The Morgan fingerprint density at radius 1 is 1.26 bits per heavy atom. The zero-order valence-corrected chi connectivity index (χ0v) is 19.7. The summed E-state index contributed by atoms with van der Waals surface area (Å²) in [6, 6.07) is 0.919. The molecule has 0 spiro atoms. The molecule has 12 nitrogen and oxygen atoms in total. The van der Waals surface area contributed by atoms with Crippen LogP contribution in [0.4, 0.5) is 9.18 Å². The molecule has 2 aliphatic carbocycles. The highest BCUT2D eigenvalue weighted by Gasteiger charge is 2.50. The number of sulfonamides is 1. The largest absolute Gasteiger partial charge is 0.502 e. The van der Waals surface area contributed by atoms with Gasteiger partial charge in [0.2, 0.25) is 21.7 Å². The van der Waals surface area contributed by atoms with Crippen LogP contribution in [0.25, 0.3) is 0 Å². The number of carbonyl (C=O) groups is 2. The van der Waals surface area contributed by atoms with Crippen LogP contribution in [0.2, 0.25) is 0 Å². The molecule has 0 bridgehead atoms. The molecule has 14 heteroatoms. The Kier molecular flexibility index (Phi) is 5.51. The molecule has 1 aliphatic heterocycles. The Morgan fingerprint density at radius 3 is 2.63 bits per heavy atom. The molecule has 1 atom stereocenters. The monoisotopic (exact) mass is 505 g/mol. The maximum atomic E-state index is 13.4. The van der Waals surface area contributed by atoms with Gasteiger partial charge in [-0.2, -0.15) is 14.4 Å². The second-order valence-corrected chi connectivity index (χ2v) is 10.6. The average molecular weight is 506 g/mol. The van der Waals surface area contributed by atoms with Crippen molar-refractivity contribution in [3.05, 3.63) is 53.0 Å². The highest BCUT2D eigenvalue weighted by atomic mass is 32.2. The van der Waals surface area contributed by atoms with E-state index >= 15 is 0 Å². The van der Waals surface area contributed by atoms with Crippen LogP contribution in [0.3, 0.4) is 0 Å². The summed E-state index contributed by atoms with van der Waals surface area (Å²) in [6.07, 6.45) is 4.81. The number of fused-ring (bicyclic) bond motifs is 1. The molecule has 0 aromatic carbocycles. The minimum absolute atomic E-state index is 0.00373. The van der Waals surface area contributed by atoms with Crippen molar-refractivity contribution in [2.45, 2.75) is 50.6 Å². The molecule has 1 unspecified atom stereocenters. The minimum Gasteiger partial charge on any atom is -0.357 e. The number of alkyl halides is 1. The first-order valence-corrected chi connectivity index (χ1v) is 12.4. The molecular formula is C21H22FN6O6S+. The van der Waals surface area contributed by atoms with Crippen LogP contribution in [-0.2, 0) is 27.9 Å². The Bertz CT molecular complexity index is 1420. The molecule has 0 radical (unpaired) electrons. The third kappa shape index (κ3) is 4.34.